The smallest absolute Gasteiger partial charge is 0.306 e. The van der Waals surface area contributed by atoms with E-state index in [4.69, 9.17) is 4.74 Å². The number of carbonyl (C=O) groups excluding carboxylic acids is 1. The minimum atomic E-state index is 0.0591. The summed E-state index contributed by atoms with van der Waals surface area (Å²) in [7, 11) is 0. The maximum Gasteiger partial charge on any atom is 0.306 e. The van der Waals surface area contributed by atoms with Crippen LogP contribution in [0.1, 0.15) is 176 Å². The van der Waals surface area contributed by atoms with Crippen molar-refractivity contribution in [3.63, 3.8) is 0 Å². The highest BCUT2D eigenvalue weighted by Crippen LogP contribution is 2.67. The molecule has 0 aromatic rings. The van der Waals surface area contributed by atoms with Gasteiger partial charge in [0.2, 0.25) is 0 Å². The lowest BCUT2D eigenvalue weighted by atomic mass is 9.47. The number of fused-ring (bicyclic) bond motifs is 5. The van der Waals surface area contributed by atoms with Crippen LogP contribution in [0.25, 0.3) is 0 Å². The molecule has 4 aliphatic rings. The van der Waals surface area contributed by atoms with Crippen molar-refractivity contribution < 1.29 is 9.53 Å². The fourth-order valence-corrected chi connectivity index (χ4v) is 10.6. The first-order chi connectivity index (χ1) is 19.7. The lowest BCUT2D eigenvalue weighted by Gasteiger charge is -2.58. The van der Waals surface area contributed by atoms with E-state index in [1.54, 1.807) is 5.57 Å². The number of ether oxygens (including phenoxy) is 1. The van der Waals surface area contributed by atoms with Crippen molar-refractivity contribution in [1.82, 2.24) is 0 Å². The van der Waals surface area contributed by atoms with E-state index < -0.39 is 0 Å². The number of allylic oxidation sites excluding steroid dienone is 1. The summed E-state index contributed by atoms with van der Waals surface area (Å²) in [5.74, 6) is 5.34. The van der Waals surface area contributed by atoms with E-state index in [1.165, 1.54) is 109 Å². The normalized spacial score (nSPS) is 35.4. The van der Waals surface area contributed by atoms with Gasteiger partial charge in [-0.15, -0.1) is 0 Å². The van der Waals surface area contributed by atoms with Crippen molar-refractivity contribution in [1.29, 1.82) is 0 Å². The van der Waals surface area contributed by atoms with Gasteiger partial charge < -0.3 is 4.74 Å². The zero-order valence-corrected chi connectivity index (χ0v) is 28.3. The van der Waals surface area contributed by atoms with Crippen LogP contribution in [0.3, 0.4) is 0 Å². The minimum Gasteiger partial charge on any atom is -0.462 e. The van der Waals surface area contributed by atoms with Crippen LogP contribution in [0, 0.1) is 46.3 Å². The number of hydrogen-bond acceptors (Lipinski definition) is 2. The molecule has 0 aromatic carbocycles. The van der Waals surface area contributed by atoms with Crippen molar-refractivity contribution >= 4 is 5.97 Å². The molecule has 236 valence electrons. The van der Waals surface area contributed by atoms with Gasteiger partial charge in [-0.2, -0.15) is 0 Å². The first-order valence-electron chi connectivity index (χ1n) is 18.6. The van der Waals surface area contributed by atoms with Crippen LogP contribution in [-0.4, -0.2) is 12.1 Å². The Hall–Kier alpha value is -0.790. The SMILES string of the molecule is CCCCCCCCCCCC(=O)OC1CC[C@@]2(C)C(=CCC3C2CC[C@@]2(C)C3CC[C@@H]2[C@H](C)CCCC(C)C)C1. The van der Waals surface area contributed by atoms with Gasteiger partial charge in [-0.25, -0.2) is 0 Å². The topological polar surface area (TPSA) is 26.3 Å². The Morgan fingerprint density at radius 3 is 2.27 bits per heavy atom. The molecule has 0 radical (unpaired) electrons. The molecule has 0 N–H and O–H groups in total. The predicted molar refractivity (Wildman–Crippen MR) is 175 cm³/mol. The zero-order chi connectivity index (χ0) is 29.5. The fraction of sp³-hybridized carbons (Fsp3) is 0.923. The summed E-state index contributed by atoms with van der Waals surface area (Å²) in [6, 6.07) is 0. The Kier molecular flexibility index (Phi) is 12.3. The van der Waals surface area contributed by atoms with E-state index in [0.717, 1.165) is 54.8 Å². The van der Waals surface area contributed by atoms with Crippen LogP contribution in [0.5, 0.6) is 0 Å². The Balaban J connectivity index is 1.24. The molecule has 41 heavy (non-hydrogen) atoms. The van der Waals surface area contributed by atoms with Crippen LogP contribution in [0.15, 0.2) is 11.6 Å². The molecule has 4 aliphatic carbocycles. The standard InChI is InChI=1S/C39H68O2/c1-7-8-9-10-11-12-13-14-15-19-37(40)41-32-24-26-38(5)31(28-32)20-21-33-35-23-22-34(30(4)18-16-17-29(2)3)39(35,6)27-25-36(33)38/h20,29-30,32-36H,7-19,21-28H2,1-6H3/t30-,32?,33?,34-,35?,36?,38+,39-/m1/s1. The Morgan fingerprint density at radius 2 is 1.56 bits per heavy atom. The van der Waals surface area contributed by atoms with Crippen molar-refractivity contribution in [2.45, 2.75) is 182 Å². The molecule has 4 unspecified atom stereocenters. The zero-order valence-electron chi connectivity index (χ0n) is 28.3. The molecule has 2 nitrogen and oxygen atoms in total. The molecule has 0 saturated heterocycles. The van der Waals surface area contributed by atoms with Gasteiger partial charge in [0.05, 0.1) is 0 Å². The average molecular weight is 569 g/mol. The number of carbonyl (C=O) groups is 1. The molecule has 0 heterocycles. The second-order valence-corrected chi connectivity index (χ2v) is 16.2. The lowest BCUT2D eigenvalue weighted by molar-refractivity contribution is -0.151. The largest absolute Gasteiger partial charge is 0.462 e. The average Bonchev–Trinajstić information content (AvgIpc) is 3.29. The van der Waals surface area contributed by atoms with E-state index in [2.05, 4.69) is 47.6 Å². The van der Waals surface area contributed by atoms with E-state index in [9.17, 15) is 4.79 Å². The molecule has 3 fully saturated rings. The second-order valence-electron chi connectivity index (χ2n) is 16.2. The van der Waals surface area contributed by atoms with Gasteiger partial charge in [-0.1, -0.05) is 124 Å². The Bertz CT molecular complexity index is 843. The summed E-state index contributed by atoms with van der Waals surface area (Å²) < 4.78 is 6.09. The Morgan fingerprint density at radius 1 is 0.854 bits per heavy atom. The summed E-state index contributed by atoms with van der Waals surface area (Å²) in [6.07, 6.45) is 29.6. The molecule has 0 spiro atoms. The third kappa shape index (κ3) is 8.03. The molecule has 2 heteroatoms. The third-order valence-corrected chi connectivity index (χ3v) is 13.0. The molecular formula is C39H68O2. The molecule has 0 bridgehead atoms. The van der Waals surface area contributed by atoms with Crippen LogP contribution in [0.4, 0.5) is 0 Å². The van der Waals surface area contributed by atoms with Crippen molar-refractivity contribution in [2.24, 2.45) is 46.3 Å². The highest BCUT2D eigenvalue weighted by molar-refractivity contribution is 5.69. The predicted octanol–water partition coefficient (Wildman–Crippen LogP) is 11.9. The van der Waals surface area contributed by atoms with Gasteiger partial charge in [-0.3, -0.25) is 4.79 Å². The van der Waals surface area contributed by atoms with E-state index in [1.807, 2.05) is 0 Å². The number of esters is 1. The van der Waals surface area contributed by atoms with Crippen molar-refractivity contribution in [3.05, 3.63) is 11.6 Å². The highest BCUT2D eigenvalue weighted by Gasteiger charge is 2.59. The third-order valence-electron chi connectivity index (χ3n) is 13.0. The van der Waals surface area contributed by atoms with Crippen LogP contribution in [0.2, 0.25) is 0 Å². The summed E-state index contributed by atoms with van der Waals surface area (Å²) in [4.78, 5) is 12.7. The van der Waals surface area contributed by atoms with Crippen molar-refractivity contribution in [2.75, 3.05) is 0 Å². The minimum absolute atomic E-state index is 0.0591. The number of unbranched alkanes of at least 4 members (excludes halogenated alkanes) is 8. The molecular weight excluding hydrogens is 500 g/mol. The maximum atomic E-state index is 12.7. The highest BCUT2D eigenvalue weighted by atomic mass is 16.5. The summed E-state index contributed by atoms with van der Waals surface area (Å²) in [6.45, 7) is 14.9. The van der Waals surface area contributed by atoms with Gasteiger partial charge in [-0.05, 0) is 97.7 Å². The second kappa shape index (κ2) is 15.3. The molecule has 3 saturated carbocycles. The summed E-state index contributed by atoms with van der Waals surface area (Å²) in [5, 5.41) is 0. The monoisotopic (exact) mass is 569 g/mol. The van der Waals surface area contributed by atoms with Gasteiger partial charge in [0.1, 0.15) is 6.10 Å². The van der Waals surface area contributed by atoms with Gasteiger partial charge in [0.25, 0.3) is 0 Å². The van der Waals surface area contributed by atoms with Gasteiger partial charge in [0, 0.05) is 12.8 Å². The van der Waals surface area contributed by atoms with Crippen LogP contribution in [-0.2, 0) is 9.53 Å². The summed E-state index contributed by atoms with van der Waals surface area (Å²) in [5.41, 5.74) is 2.54. The van der Waals surface area contributed by atoms with E-state index >= 15 is 0 Å². The van der Waals surface area contributed by atoms with E-state index in [0.29, 0.717) is 17.3 Å². The fourth-order valence-electron chi connectivity index (χ4n) is 10.6. The quantitative estimate of drug-likeness (QED) is 0.105. The molecule has 0 aromatic heterocycles. The van der Waals surface area contributed by atoms with Crippen molar-refractivity contribution in [3.8, 4) is 0 Å². The lowest BCUT2D eigenvalue weighted by Crippen LogP contribution is -2.51. The Labute approximate surface area is 255 Å². The van der Waals surface area contributed by atoms with Crippen LogP contribution < -0.4 is 0 Å². The first-order valence-corrected chi connectivity index (χ1v) is 18.6. The van der Waals surface area contributed by atoms with Crippen LogP contribution >= 0.6 is 0 Å². The molecule has 4 rings (SSSR count). The number of hydrogen-bond donors (Lipinski definition) is 0. The molecule has 0 amide bonds. The maximum absolute atomic E-state index is 12.7. The first kappa shape index (κ1) is 33.1. The molecule has 8 atom stereocenters. The summed E-state index contributed by atoms with van der Waals surface area (Å²) >= 11 is 0. The molecule has 0 aliphatic heterocycles. The number of rotatable bonds is 16. The van der Waals surface area contributed by atoms with E-state index in [-0.39, 0.29) is 12.1 Å². The van der Waals surface area contributed by atoms with Gasteiger partial charge >= 0.3 is 5.97 Å². The van der Waals surface area contributed by atoms with Gasteiger partial charge in [0.15, 0.2) is 0 Å².